The first-order chi connectivity index (χ1) is 8.78. The average molecular weight is 279 g/mol. The van der Waals surface area contributed by atoms with E-state index in [1.807, 2.05) is 0 Å². The third-order valence-electron chi connectivity index (χ3n) is 2.14. The van der Waals surface area contributed by atoms with Crippen molar-refractivity contribution in [1.82, 2.24) is 0 Å². The molecule has 1 aromatic rings. The number of ether oxygens (including phenoxy) is 1. The smallest absolute Gasteiger partial charge is 0.372 e. The molecule has 0 unspecified atom stereocenters. The number of benzene rings is 1. The first-order valence-corrected chi connectivity index (χ1v) is 5.48. The van der Waals surface area contributed by atoms with Crippen LogP contribution in [0.1, 0.15) is 12.0 Å². The maximum Gasteiger partial charge on any atom is 0.411 e. The summed E-state index contributed by atoms with van der Waals surface area (Å²) < 4.78 is 52.8. The Kier molecular flexibility index (Phi) is 5.29. The van der Waals surface area contributed by atoms with Gasteiger partial charge in [0.15, 0.2) is 0 Å². The second-order valence-electron chi connectivity index (χ2n) is 3.95. The number of hydrogen-bond donors (Lipinski definition) is 1. The summed E-state index contributed by atoms with van der Waals surface area (Å²) in [4.78, 5) is 11.4. The zero-order chi connectivity index (χ0) is 14.5. The largest absolute Gasteiger partial charge is 0.411 e. The van der Waals surface area contributed by atoms with Crippen LogP contribution in [0.2, 0.25) is 0 Å². The van der Waals surface area contributed by atoms with Gasteiger partial charge in [0.05, 0.1) is 18.7 Å². The number of amides is 1. The number of alkyl halides is 3. The van der Waals surface area contributed by atoms with Gasteiger partial charge in [0, 0.05) is 0 Å². The first-order valence-electron chi connectivity index (χ1n) is 5.48. The van der Waals surface area contributed by atoms with Gasteiger partial charge in [-0.2, -0.15) is 13.2 Å². The van der Waals surface area contributed by atoms with Crippen LogP contribution in [0.15, 0.2) is 18.2 Å². The third kappa shape index (κ3) is 6.19. The van der Waals surface area contributed by atoms with Gasteiger partial charge in [0.25, 0.3) is 0 Å². The number of carbonyl (C=O) groups excluding carboxylic acids is 1. The topological polar surface area (TPSA) is 38.3 Å². The monoisotopic (exact) mass is 279 g/mol. The number of rotatable bonds is 5. The molecule has 0 heterocycles. The van der Waals surface area contributed by atoms with Gasteiger partial charge in [-0.05, 0) is 24.6 Å². The van der Waals surface area contributed by atoms with E-state index in [9.17, 15) is 22.4 Å². The van der Waals surface area contributed by atoms with Crippen LogP contribution in [0.5, 0.6) is 0 Å². The molecule has 1 N–H and O–H groups in total. The molecule has 0 saturated heterocycles. The molecule has 0 bridgehead atoms. The zero-order valence-corrected chi connectivity index (χ0v) is 10.2. The Morgan fingerprint density at radius 1 is 1.37 bits per heavy atom. The minimum Gasteiger partial charge on any atom is -0.372 e. The molecule has 0 fully saturated rings. The highest BCUT2D eigenvalue weighted by atomic mass is 19.4. The van der Waals surface area contributed by atoms with Gasteiger partial charge in [0.1, 0.15) is 12.4 Å². The molecule has 0 radical (unpaired) electrons. The first kappa shape index (κ1) is 15.4. The van der Waals surface area contributed by atoms with Crippen molar-refractivity contribution in [2.24, 2.45) is 0 Å². The van der Waals surface area contributed by atoms with E-state index in [2.05, 4.69) is 10.1 Å². The summed E-state index contributed by atoms with van der Waals surface area (Å²) in [5.41, 5.74) is 0.755. The Hall–Kier alpha value is -1.63. The second kappa shape index (κ2) is 6.51. The summed E-state index contributed by atoms with van der Waals surface area (Å²) in [5, 5.41) is 2.27. The van der Waals surface area contributed by atoms with E-state index in [0.29, 0.717) is 0 Å². The number of carbonyl (C=O) groups is 1. The Balaban J connectivity index is 2.37. The second-order valence-corrected chi connectivity index (χ2v) is 3.95. The van der Waals surface area contributed by atoms with Crippen LogP contribution in [0.25, 0.3) is 0 Å². The highest BCUT2D eigenvalue weighted by Gasteiger charge is 2.27. The zero-order valence-electron chi connectivity index (χ0n) is 10.2. The molecule has 0 aliphatic rings. The molecule has 0 aliphatic heterocycles. The molecule has 1 aromatic carbocycles. The van der Waals surface area contributed by atoms with Gasteiger partial charge in [-0.25, -0.2) is 4.39 Å². The average Bonchev–Trinajstić information content (AvgIpc) is 2.28. The van der Waals surface area contributed by atoms with Gasteiger partial charge in [-0.15, -0.1) is 0 Å². The standard InChI is InChI=1S/C12H13F4NO2/c1-8-2-3-9(13)10(6-8)17-11(18)4-5-19-7-12(14,15)16/h2-3,6H,4-5,7H2,1H3,(H,17,18). The Morgan fingerprint density at radius 3 is 2.68 bits per heavy atom. The minimum atomic E-state index is -4.42. The van der Waals surface area contributed by atoms with Gasteiger partial charge >= 0.3 is 6.18 Å². The molecule has 0 saturated carbocycles. The molecule has 3 nitrogen and oxygen atoms in total. The van der Waals surface area contributed by atoms with E-state index in [4.69, 9.17) is 0 Å². The van der Waals surface area contributed by atoms with Crippen LogP contribution in [0.3, 0.4) is 0 Å². The van der Waals surface area contributed by atoms with Crippen LogP contribution >= 0.6 is 0 Å². The van der Waals surface area contributed by atoms with Crippen molar-refractivity contribution in [2.75, 3.05) is 18.5 Å². The Labute approximate surface area is 107 Å². The molecule has 0 atom stereocenters. The highest BCUT2D eigenvalue weighted by molar-refractivity contribution is 5.90. The van der Waals surface area contributed by atoms with Gasteiger partial charge in [0.2, 0.25) is 5.91 Å². The van der Waals surface area contributed by atoms with Crippen molar-refractivity contribution in [2.45, 2.75) is 19.5 Å². The summed E-state index contributed by atoms with van der Waals surface area (Å²) in [5.74, 6) is -1.21. The van der Waals surface area contributed by atoms with Gasteiger partial charge in [-0.1, -0.05) is 6.07 Å². The number of hydrogen-bond acceptors (Lipinski definition) is 2. The fourth-order valence-electron chi connectivity index (χ4n) is 1.30. The lowest BCUT2D eigenvalue weighted by Gasteiger charge is -2.09. The maximum atomic E-state index is 13.3. The molecule has 0 spiro atoms. The summed E-state index contributed by atoms with van der Waals surface area (Å²) in [6, 6.07) is 4.17. The lowest BCUT2D eigenvalue weighted by molar-refractivity contribution is -0.174. The minimum absolute atomic E-state index is 0.000761. The number of anilines is 1. The molecule has 106 valence electrons. The molecule has 1 rings (SSSR count). The molecule has 0 aromatic heterocycles. The van der Waals surface area contributed by atoms with E-state index in [1.165, 1.54) is 18.2 Å². The van der Waals surface area contributed by atoms with Crippen LogP contribution in [0, 0.1) is 12.7 Å². The molecule has 1 amide bonds. The SMILES string of the molecule is Cc1ccc(F)c(NC(=O)CCOCC(F)(F)F)c1. The predicted molar refractivity (Wildman–Crippen MR) is 61.3 cm³/mol. The fourth-order valence-corrected chi connectivity index (χ4v) is 1.30. The molecule has 0 aliphatic carbocycles. The summed E-state index contributed by atoms with van der Waals surface area (Å²) in [6.45, 7) is -0.0561. The van der Waals surface area contributed by atoms with Crippen molar-refractivity contribution < 1.29 is 27.1 Å². The third-order valence-corrected chi connectivity index (χ3v) is 2.14. The normalized spacial score (nSPS) is 11.4. The number of aryl methyl sites for hydroxylation is 1. The molecule has 19 heavy (non-hydrogen) atoms. The fraction of sp³-hybridized carbons (Fsp3) is 0.417. The summed E-state index contributed by atoms with van der Waals surface area (Å²) in [6.07, 6.45) is -4.69. The van der Waals surface area contributed by atoms with E-state index in [1.54, 1.807) is 6.92 Å². The van der Waals surface area contributed by atoms with Crippen molar-refractivity contribution in [1.29, 1.82) is 0 Å². The quantitative estimate of drug-likeness (QED) is 0.664. The molecule has 7 heteroatoms. The summed E-state index contributed by atoms with van der Waals surface area (Å²) in [7, 11) is 0. The van der Waals surface area contributed by atoms with Gasteiger partial charge < -0.3 is 10.1 Å². The van der Waals surface area contributed by atoms with Crippen LogP contribution in [-0.4, -0.2) is 25.3 Å². The maximum absolute atomic E-state index is 13.3. The lowest BCUT2D eigenvalue weighted by atomic mass is 10.2. The van der Waals surface area contributed by atoms with E-state index < -0.39 is 24.5 Å². The van der Waals surface area contributed by atoms with Crippen molar-refractivity contribution in [3.63, 3.8) is 0 Å². The van der Waals surface area contributed by atoms with Crippen molar-refractivity contribution in [3.05, 3.63) is 29.6 Å². The predicted octanol–water partition coefficient (Wildman–Crippen LogP) is 3.04. The van der Waals surface area contributed by atoms with Crippen molar-refractivity contribution >= 4 is 11.6 Å². The van der Waals surface area contributed by atoms with Crippen LogP contribution in [-0.2, 0) is 9.53 Å². The van der Waals surface area contributed by atoms with E-state index in [0.717, 1.165) is 5.56 Å². The van der Waals surface area contributed by atoms with Crippen LogP contribution in [0.4, 0.5) is 23.2 Å². The lowest BCUT2D eigenvalue weighted by Crippen LogP contribution is -2.20. The Morgan fingerprint density at radius 2 is 2.05 bits per heavy atom. The molecular formula is C12H13F4NO2. The summed E-state index contributed by atoms with van der Waals surface area (Å²) >= 11 is 0. The highest BCUT2D eigenvalue weighted by Crippen LogP contribution is 2.16. The van der Waals surface area contributed by atoms with E-state index in [-0.39, 0.29) is 18.7 Å². The van der Waals surface area contributed by atoms with Crippen molar-refractivity contribution in [3.8, 4) is 0 Å². The number of nitrogens with one attached hydrogen (secondary N) is 1. The van der Waals surface area contributed by atoms with Gasteiger partial charge in [-0.3, -0.25) is 4.79 Å². The molecular weight excluding hydrogens is 266 g/mol. The van der Waals surface area contributed by atoms with E-state index >= 15 is 0 Å². The van der Waals surface area contributed by atoms with Crippen LogP contribution < -0.4 is 5.32 Å². The Bertz CT molecular complexity index is 446. The number of halogens is 4.